The highest BCUT2D eigenvalue weighted by Gasteiger charge is 2.17. The van der Waals surface area contributed by atoms with E-state index in [0.717, 1.165) is 0 Å². The number of carboxylic acids is 1. The fourth-order valence-electron chi connectivity index (χ4n) is 0.397. The van der Waals surface area contributed by atoms with Gasteiger partial charge in [0.25, 0.3) is 0 Å². The third-order valence-electron chi connectivity index (χ3n) is 1.14. The highest BCUT2D eigenvalue weighted by atomic mass is 32.2. The number of hydrogen-bond acceptors (Lipinski definition) is 4. The number of ether oxygens (including phenoxy) is 1. The Bertz CT molecular complexity index is 178. The summed E-state index contributed by atoms with van der Waals surface area (Å²) in [4.78, 5) is 21.0. The van der Waals surface area contributed by atoms with E-state index in [1.165, 1.54) is 6.92 Å². The topological polar surface area (TPSA) is 66.4 Å². The van der Waals surface area contributed by atoms with E-state index in [0.29, 0.717) is 0 Å². The second kappa shape index (κ2) is 5.03. The Morgan fingerprint density at radius 3 is 2.33 bits per heavy atom. The van der Waals surface area contributed by atoms with Gasteiger partial charge in [-0.3, -0.25) is 4.79 Å². The van der Waals surface area contributed by atoms with Crippen LogP contribution in [0.2, 0.25) is 0 Å². The van der Waals surface area contributed by atoms with E-state index < -0.39 is 17.9 Å². The molecular weight excluding hydrogens is 180 g/mol. The van der Waals surface area contributed by atoms with Crippen LogP contribution in [-0.4, -0.2) is 30.4 Å². The average Bonchev–Trinajstić information content (AvgIpc) is 1.98. The molecule has 0 radical (unpaired) electrons. The molecule has 0 aliphatic rings. The molecule has 0 aromatic rings. The van der Waals surface area contributed by atoms with Gasteiger partial charge in [0.05, 0.1) is 11.9 Å². The molecule has 0 fully saturated rings. The largest absolute Gasteiger partial charge is 0.549 e. The number of carbonyl (C=O) groups excluding carboxylic acids is 2. The van der Waals surface area contributed by atoms with Crippen molar-refractivity contribution in [1.29, 1.82) is 0 Å². The van der Waals surface area contributed by atoms with Crippen LogP contribution in [0.1, 0.15) is 6.92 Å². The van der Waals surface area contributed by atoms with Gasteiger partial charge in [-0.05, 0) is 6.92 Å². The molecule has 0 rings (SSSR count). The number of hydrogen-bond donors (Lipinski definition) is 0. The summed E-state index contributed by atoms with van der Waals surface area (Å²) in [7, 11) is -0.0223. The molecule has 0 amide bonds. The van der Waals surface area contributed by atoms with Crippen LogP contribution in [0.25, 0.3) is 0 Å². The van der Waals surface area contributed by atoms with Gasteiger partial charge in [0.2, 0.25) is 5.94 Å². The molecule has 1 unspecified atom stereocenters. The lowest BCUT2D eigenvalue weighted by Gasteiger charge is -2.10. The SMILES string of the molecule is CC(C(=O)[O-])C(=O)OC[S+](C)C. The van der Waals surface area contributed by atoms with Crippen LogP contribution in [0, 0.1) is 5.92 Å². The summed E-state index contributed by atoms with van der Waals surface area (Å²) < 4.78 is 4.68. The molecule has 0 bridgehead atoms. The van der Waals surface area contributed by atoms with E-state index in [1.54, 1.807) is 0 Å². The minimum Gasteiger partial charge on any atom is -0.549 e. The van der Waals surface area contributed by atoms with Gasteiger partial charge in [-0.1, -0.05) is 0 Å². The summed E-state index contributed by atoms with van der Waals surface area (Å²) in [5.41, 5.74) is 0. The van der Waals surface area contributed by atoms with Crippen LogP contribution in [-0.2, 0) is 25.2 Å². The highest BCUT2D eigenvalue weighted by Crippen LogP contribution is 1.98. The van der Waals surface area contributed by atoms with Crippen molar-refractivity contribution in [3.8, 4) is 0 Å². The van der Waals surface area contributed by atoms with Gasteiger partial charge >= 0.3 is 5.97 Å². The van der Waals surface area contributed by atoms with Gasteiger partial charge < -0.3 is 14.6 Å². The van der Waals surface area contributed by atoms with Gasteiger partial charge in [0.1, 0.15) is 12.5 Å². The van der Waals surface area contributed by atoms with E-state index >= 15 is 0 Å². The molecule has 70 valence electrons. The van der Waals surface area contributed by atoms with Crippen molar-refractivity contribution in [2.75, 3.05) is 18.5 Å². The van der Waals surface area contributed by atoms with E-state index in [1.807, 2.05) is 12.5 Å². The molecule has 12 heavy (non-hydrogen) atoms. The monoisotopic (exact) mass is 192 g/mol. The van der Waals surface area contributed by atoms with Crippen LogP contribution < -0.4 is 5.11 Å². The highest BCUT2D eigenvalue weighted by molar-refractivity contribution is 7.95. The van der Waals surface area contributed by atoms with Crippen LogP contribution in [0.15, 0.2) is 0 Å². The van der Waals surface area contributed by atoms with E-state index in [2.05, 4.69) is 4.74 Å². The average molecular weight is 192 g/mol. The summed E-state index contributed by atoms with van der Waals surface area (Å²) in [6, 6.07) is 0. The molecule has 0 saturated carbocycles. The van der Waals surface area contributed by atoms with Crippen LogP contribution in [0.5, 0.6) is 0 Å². The lowest BCUT2D eigenvalue weighted by Crippen LogP contribution is -2.35. The maximum absolute atomic E-state index is 10.9. The first-order chi connectivity index (χ1) is 5.45. The molecule has 0 spiro atoms. The maximum Gasteiger partial charge on any atom is 0.318 e. The number of rotatable bonds is 4. The van der Waals surface area contributed by atoms with Crippen molar-refractivity contribution >= 4 is 22.8 Å². The van der Waals surface area contributed by atoms with E-state index in [9.17, 15) is 14.7 Å². The van der Waals surface area contributed by atoms with Crippen molar-refractivity contribution in [1.82, 2.24) is 0 Å². The van der Waals surface area contributed by atoms with Crippen molar-refractivity contribution in [2.24, 2.45) is 5.92 Å². The normalized spacial score (nSPS) is 12.7. The summed E-state index contributed by atoms with van der Waals surface area (Å²) >= 11 is 0. The molecule has 0 N–H and O–H groups in total. The number of aliphatic carboxylic acids is 1. The number of esters is 1. The molecule has 0 aromatic carbocycles. The first kappa shape index (κ1) is 11.3. The third kappa shape index (κ3) is 4.23. The molecule has 0 aliphatic carbocycles. The zero-order chi connectivity index (χ0) is 9.72. The minimum absolute atomic E-state index is 0.0223. The Labute approximate surface area is 74.3 Å². The molecule has 5 heteroatoms. The summed E-state index contributed by atoms with van der Waals surface area (Å²) in [5.74, 6) is -3.02. The number of carboxylic acid groups (broad SMARTS) is 1. The predicted molar refractivity (Wildman–Crippen MR) is 44.3 cm³/mol. The molecule has 1 atom stereocenters. The second-order valence-electron chi connectivity index (χ2n) is 2.61. The van der Waals surface area contributed by atoms with Crippen molar-refractivity contribution < 1.29 is 19.4 Å². The Morgan fingerprint density at radius 1 is 1.50 bits per heavy atom. The Morgan fingerprint density at radius 2 is 2.00 bits per heavy atom. The van der Waals surface area contributed by atoms with Gasteiger partial charge in [-0.15, -0.1) is 0 Å². The fourth-order valence-corrected chi connectivity index (χ4v) is 0.749. The van der Waals surface area contributed by atoms with Crippen molar-refractivity contribution in [2.45, 2.75) is 6.92 Å². The van der Waals surface area contributed by atoms with Gasteiger partial charge in [-0.2, -0.15) is 0 Å². The molecule has 0 heterocycles. The lowest BCUT2D eigenvalue weighted by atomic mass is 10.2. The standard InChI is InChI=1S/C7H12O4S/c1-5(6(8)9)7(10)11-4-12(2)3/h5H,4H2,1-3H3. The predicted octanol–water partition coefficient (Wildman–Crippen LogP) is -1.25. The molecule has 0 aromatic heterocycles. The second-order valence-corrected chi connectivity index (χ2v) is 4.81. The van der Waals surface area contributed by atoms with Crippen LogP contribution >= 0.6 is 0 Å². The Balaban J connectivity index is 3.80. The third-order valence-corrected chi connectivity index (χ3v) is 1.73. The number of carbonyl (C=O) groups is 2. The fraction of sp³-hybridized carbons (Fsp3) is 0.714. The van der Waals surface area contributed by atoms with Crippen LogP contribution in [0.3, 0.4) is 0 Å². The van der Waals surface area contributed by atoms with Crippen LogP contribution in [0.4, 0.5) is 0 Å². The van der Waals surface area contributed by atoms with E-state index in [4.69, 9.17) is 0 Å². The minimum atomic E-state index is -1.40. The first-order valence-electron chi connectivity index (χ1n) is 3.37. The smallest absolute Gasteiger partial charge is 0.318 e. The van der Waals surface area contributed by atoms with Gasteiger partial charge in [-0.25, -0.2) is 0 Å². The Hall–Kier alpha value is -0.710. The zero-order valence-electron chi connectivity index (χ0n) is 7.33. The molecule has 0 aliphatic heterocycles. The molecule has 0 saturated heterocycles. The maximum atomic E-state index is 10.9. The van der Waals surface area contributed by atoms with Gasteiger partial charge in [0.15, 0.2) is 0 Å². The molecular formula is C7H12O4S. The zero-order valence-corrected chi connectivity index (χ0v) is 8.14. The molecule has 4 nitrogen and oxygen atoms in total. The Kier molecular flexibility index (Phi) is 4.73. The summed E-state index contributed by atoms with van der Waals surface area (Å²) in [6.07, 6.45) is 3.80. The summed E-state index contributed by atoms with van der Waals surface area (Å²) in [5, 5.41) is 10.2. The first-order valence-corrected chi connectivity index (χ1v) is 5.58. The quantitative estimate of drug-likeness (QED) is 0.317. The summed E-state index contributed by atoms with van der Waals surface area (Å²) in [6.45, 7) is 1.25. The lowest BCUT2D eigenvalue weighted by molar-refractivity contribution is -0.310. The van der Waals surface area contributed by atoms with Crippen molar-refractivity contribution in [3.63, 3.8) is 0 Å². The van der Waals surface area contributed by atoms with Gasteiger partial charge in [0, 0.05) is 10.9 Å². The van der Waals surface area contributed by atoms with Crippen molar-refractivity contribution in [3.05, 3.63) is 0 Å². The van der Waals surface area contributed by atoms with E-state index in [-0.39, 0.29) is 16.8 Å².